The van der Waals surface area contributed by atoms with Gasteiger partial charge in [-0.1, -0.05) is 18.7 Å². The summed E-state index contributed by atoms with van der Waals surface area (Å²) in [5, 5.41) is 8.10. The molecule has 0 atom stereocenters. The van der Waals surface area contributed by atoms with Crippen LogP contribution in [0.4, 0.5) is 0 Å². The van der Waals surface area contributed by atoms with Gasteiger partial charge in [0.1, 0.15) is 6.61 Å². The van der Waals surface area contributed by atoms with Crippen molar-refractivity contribution in [2.75, 3.05) is 26.4 Å². The van der Waals surface area contributed by atoms with Gasteiger partial charge in [0, 0.05) is 6.08 Å². The Morgan fingerprint density at radius 2 is 1.73 bits per heavy atom. The molecule has 0 rings (SSSR count). The van der Waals surface area contributed by atoms with E-state index in [2.05, 4.69) is 24.5 Å². The molecule has 0 amide bonds. The summed E-state index contributed by atoms with van der Waals surface area (Å²) >= 11 is 0. The number of aliphatic hydroxyl groups is 1. The van der Waals surface area contributed by atoms with E-state index in [4.69, 9.17) is 9.84 Å². The first-order valence-corrected chi connectivity index (χ1v) is 4.42. The van der Waals surface area contributed by atoms with Crippen molar-refractivity contribution in [2.24, 2.45) is 0 Å². The van der Waals surface area contributed by atoms with E-state index in [1.54, 1.807) is 12.2 Å². The molecule has 0 aromatic rings. The Hall–Kier alpha value is -1.39. The molecular weight excluding hydrogens is 196 g/mol. The maximum atomic E-state index is 10.1. The van der Waals surface area contributed by atoms with Gasteiger partial charge in [0.25, 0.3) is 0 Å². The van der Waals surface area contributed by atoms with Crippen molar-refractivity contribution >= 4 is 5.97 Å². The SMILES string of the molecule is C=CC(=O)OCCO.C=CCOCC=C. The predicted octanol–water partition coefficient (Wildman–Crippen LogP) is 1.08. The molecule has 4 nitrogen and oxygen atoms in total. The van der Waals surface area contributed by atoms with Crippen molar-refractivity contribution in [3.63, 3.8) is 0 Å². The molecule has 15 heavy (non-hydrogen) atoms. The summed E-state index contributed by atoms with van der Waals surface area (Å²) < 4.78 is 9.23. The zero-order valence-corrected chi connectivity index (χ0v) is 8.85. The third kappa shape index (κ3) is 19.1. The van der Waals surface area contributed by atoms with Gasteiger partial charge in [-0.25, -0.2) is 4.79 Å². The summed E-state index contributed by atoms with van der Waals surface area (Å²) in [4.78, 5) is 10.1. The number of hydrogen-bond donors (Lipinski definition) is 1. The number of carbonyl (C=O) groups is 1. The Kier molecular flexibility index (Phi) is 16.2. The maximum Gasteiger partial charge on any atom is 0.330 e. The van der Waals surface area contributed by atoms with Crippen molar-refractivity contribution in [1.82, 2.24) is 0 Å². The van der Waals surface area contributed by atoms with E-state index in [9.17, 15) is 4.79 Å². The van der Waals surface area contributed by atoms with E-state index >= 15 is 0 Å². The van der Waals surface area contributed by atoms with Crippen molar-refractivity contribution < 1.29 is 19.4 Å². The molecule has 1 N–H and O–H groups in total. The van der Waals surface area contributed by atoms with Crippen LogP contribution in [-0.2, 0) is 14.3 Å². The van der Waals surface area contributed by atoms with Crippen LogP contribution in [0.25, 0.3) is 0 Å². The fraction of sp³-hybridized carbons (Fsp3) is 0.364. The largest absolute Gasteiger partial charge is 0.460 e. The highest BCUT2D eigenvalue weighted by atomic mass is 16.5. The van der Waals surface area contributed by atoms with Gasteiger partial charge >= 0.3 is 5.97 Å². The number of carbonyl (C=O) groups excluding carboxylic acids is 1. The summed E-state index contributed by atoms with van der Waals surface area (Å²) in [6.07, 6.45) is 4.47. The van der Waals surface area contributed by atoms with Gasteiger partial charge in [-0.2, -0.15) is 0 Å². The number of rotatable bonds is 7. The van der Waals surface area contributed by atoms with Crippen LogP contribution >= 0.6 is 0 Å². The lowest BCUT2D eigenvalue weighted by Crippen LogP contribution is -2.04. The fourth-order valence-corrected chi connectivity index (χ4v) is 0.440. The molecule has 0 heterocycles. The van der Waals surface area contributed by atoms with Crippen LogP contribution in [0.2, 0.25) is 0 Å². The fourth-order valence-electron chi connectivity index (χ4n) is 0.440. The van der Waals surface area contributed by atoms with Crippen LogP contribution in [0.15, 0.2) is 38.0 Å². The van der Waals surface area contributed by atoms with E-state index in [0.29, 0.717) is 13.2 Å². The molecule has 0 radical (unpaired) electrons. The molecule has 86 valence electrons. The van der Waals surface area contributed by atoms with Crippen LogP contribution in [0.1, 0.15) is 0 Å². The second-order valence-electron chi connectivity index (χ2n) is 2.21. The van der Waals surface area contributed by atoms with Crippen LogP contribution < -0.4 is 0 Å². The van der Waals surface area contributed by atoms with Crippen molar-refractivity contribution in [3.05, 3.63) is 38.0 Å². The van der Waals surface area contributed by atoms with Crippen molar-refractivity contribution in [2.45, 2.75) is 0 Å². The molecule has 0 spiro atoms. The van der Waals surface area contributed by atoms with Gasteiger partial charge in [-0.15, -0.1) is 13.2 Å². The molecule has 0 saturated carbocycles. The first-order chi connectivity index (χ1) is 7.22. The standard InChI is InChI=1S/C6H10O.C5H8O3/c1-3-5-7-6-4-2;1-2-5(7)8-4-3-6/h3-4H,1-2,5-6H2;2,6H,1,3-4H2. The number of aliphatic hydroxyl groups excluding tert-OH is 1. The minimum absolute atomic E-state index is 0.0465. The number of ether oxygens (including phenoxy) is 2. The van der Waals surface area contributed by atoms with E-state index < -0.39 is 5.97 Å². The van der Waals surface area contributed by atoms with Gasteiger partial charge in [-0.05, 0) is 0 Å². The summed E-state index contributed by atoms with van der Waals surface area (Å²) in [5.41, 5.74) is 0. The van der Waals surface area contributed by atoms with Gasteiger partial charge < -0.3 is 14.6 Å². The molecule has 0 saturated heterocycles. The third-order valence-electron chi connectivity index (χ3n) is 0.974. The highest BCUT2D eigenvalue weighted by Crippen LogP contribution is 1.75. The lowest BCUT2D eigenvalue weighted by atomic mass is 10.6. The van der Waals surface area contributed by atoms with Crippen molar-refractivity contribution in [3.8, 4) is 0 Å². The molecule has 0 unspecified atom stereocenters. The quantitative estimate of drug-likeness (QED) is 0.298. The second kappa shape index (κ2) is 15.1. The summed E-state index contributed by atoms with van der Waals surface area (Å²) in [6, 6.07) is 0. The Labute approximate surface area is 90.5 Å². The zero-order valence-electron chi connectivity index (χ0n) is 8.85. The first kappa shape index (κ1) is 16.1. The van der Waals surface area contributed by atoms with Crippen LogP contribution in [-0.4, -0.2) is 37.5 Å². The molecule has 0 fully saturated rings. The molecule has 0 aliphatic rings. The second-order valence-corrected chi connectivity index (χ2v) is 2.21. The summed E-state index contributed by atoms with van der Waals surface area (Å²) in [5.74, 6) is -0.501. The van der Waals surface area contributed by atoms with Gasteiger partial charge in [0.2, 0.25) is 0 Å². The van der Waals surface area contributed by atoms with E-state index in [1.807, 2.05) is 0 Å². The normalized spacial score (nSPS) is 8.07. The summed E-state index contributed by atoms with van der Waals surface area (Å²) in [7, 11) is 0. The molecular formula is C11H18O4. The third-order valence-corrected chi connectivity index (χ3v) is 0.974. The molecule has 0 aliphatic carbocycles. The van der Waals surface area contributed by atoms with Gasteiger partial charge in [0.15, 0.2) is 0 Å². The number of esters is 1. The average molecular weight is 214 g/mol. The van der Waals surface area contributed by atoms with E-state index in [1.165, 1.54) is 0 Å². The van der Waals surface area contributed by atoms with Crippen LogP contribution in [0.3, 0.4) is 0 Å². The van der Waals surface area contributed by atoms with Crippen LogP contribution in [0.5, 0.6) is 0 Å². The van der Waals surface area contributed by atoms with Crippen LogP contribution in [0, 0.1) is 0 Å². The monoisotopic (exact) mass is 214 g/mol. The zero-order chi connectivity index (χ0) is 11.9. The lowest BCUT2D eigenvalue weighted by Gasteiger charge is -1.94. The highest BCUT2D eigenvalue weighted by molar-refractivity contribution is 5.81. The lowest BCUT2D eigenvalue weighted by molar-refractivity contribution is -0.138. The Morgan fingerprint density at radius 1 is 1.20 bits per heavy atom. The van der Waals surface area contributed by atoms with E-state index in [0.717, 1.165) is 6.08 Å². The first-order valence-electron chi connectivity index (χ1n) is 4.42. The Balaban J connectivity index is 0. The minimum Gasteiger partial charge on any atom is -0.460 e. The molecule has 0 aromatic heterocycles. The Bertz CT molecular complexity index is 179. The minimum atomic E-state index is -0.501. The summed E-state index contributed by atoms with van der Waals surface area (Å²) in [6.45, 7) is 11.2. The smallest absolute Gasteiger partial charge is 0.330 e. The highest BCUT2D eigenvalue weighted by Gasteiger charge is 1.90. The maximum absolute atomic E-state index is 10.1. The number of hydrogen-bond acceptors (Lipinski definition) is 4. The predicted molar refractivity (Wildman–Crippen MR) is 59.5 cm³/mol. The molecule has 0 aromatic carbocycles. The van der Waals surface area contributed by atoms with Crippen molar-refractivity contribution in [1.29, 1.82) is 0 Å². The molecule has 4 heteroatoms. The molecule has 0 bridgehead atoms. The average Bonchev–Trinajstić information content (AvgIpc) is 2.27. The van der Waals surface area contributed by atoms with Gasteiger partial charge in [-0.3, -0.25) is 0 Å². The van der Waals surface area contributed by atoms with E-state index in [-0.39, 0.29) is 13.2 Å². The Morgan fingerprint density at radius 3 is 2.07 bits per heavy atom. The molecule has 0 aliphatic heterocycles. The van der Waals surface area contributed by atoms with Gasteiger partial charge in [0.05, 0.1) is 19.8 Å². The topological polar surface area (TPSA) is 55.8 Å².